The Morgan fingerprint density at radius 3 is 2.94 bits per heavy atom. The molecular formula is C12H21N3O. The van der Waals surface area contributed by atoms with Crippen LogP contribution in [0.3, 0.4) is 0 Å². The van der Waals surface area contributed by atoms with Crippen LogP contribution in [0.2, 0.25) is 0 Å². The molecule has 0 aromatic carbocycles. The lowest BCUT2D eigenvalue weighted by atomic mass is 9.90. The van der Waals surface area contributed by atoms with E-state index in [9.17, 15) is 0 Å². The van der Waals surface area contributed by atoms with Crippen LogP contribution < -0.4 is 10.1 Å². The molecule has 1 aliphatic rings. The zero-order valence-corrected chi connectivity index (χ0v) is 10.6. The van der Waals surface area contributed by atoms with Crippen molar-refractivity contribution < 1.29 is 4.74 Å². The molecule has 4 nitrogen and oxygen atoms in total. The number of ether oxygens (including phenoxy) is 1. The highest BCUT2D eigenvalue weighted by molar-refractivity contribution is 5.36. The van der Waals surface area contributed by atoms with Gasteiger partial charge in [-0.3, -0.25) is 0 Å². The minimum Gasteiger partial charge on any atom is -0.481 e. The van der Waals surface area contributed by atoms with Gasteiger partial charge in [-0.1, -0.05) is 6.92 Å². The molecule has 4 heteroatoms. The fourth-order valence-corrected chi connectivity index (χ4v) is 2.86. The van der Waals surface area contributed by atoms with Crippen molar-refractivity contribution in [2.75, 3.05) is 13.7 Å². The quantitative estimate of drug-likeness (QED) is 0.846. The highest BCUT2D eigenvalue weighted by Crippen LogP contribution is 2.37. The lowest BCUT2D eigenvalue weighted by Crippen LogP contribution is -2.25. The van der Waals surface area contributed by atoms with E-state index in [1.165, 1.54) is 12.0 Å². The summed E-state index contributed by atoms with van der Waals surface area (Å²) < 4.78 is 7.32. The zero-order chi connectivity index (χ0) is 11.7. The van der Waals surface area contributed by atoms with E-state index >= 15 is 0 Å². The van der Waals surface area contributed by atoms with Gasteiger partial charge in [-0.15, -0.1) is 0 Å². The summed E-state index contributed by atoms with van der Waals surface area (Å²) in [4.78, 5) is 0. The summed E-state index contributed by atoms with van der Waals surface area (Å²) >= 11 is 0. The second-order valence-corrected chi connectivity index (χ2v) is 4.50. The van der Waals surface area contributed by atoms with E-state index in [-0.39, 0.29) is 0 Å². The van der Waals surface area contributed by atoms with Crippen LogP contribution >= 0.6 is 0 Å². The van der Waals surface area contributed by atoms with Gasteiger partial charge in [-0.25, -0.2) is 4.68 Å². The molecule has 2 atom stereocenters. The maximum atomic E-state index is 5.47. The summed E-state index contributed by atoms with van der Waals surface area (Å²) in [6.07, 6.45) is 2.34. The Morgan fingerprint density at radius 2 is 2.31 bits per heavy atom. The topological polar surface area (TPSA) is 39.1 Å². The Kier molecular flexibility index (Phi) is 3.19. The summed E-state index contributed by atoms with van der Waals surface area (Å²) in [6, 6.07) is 0.566. The number of rotatable bonds is 3. The highest BCUT2D eigenvalue weighted by Gasteiger charge is 2.32. The molecule has 1 saturated heterocycles. The van der Waals surface area contributed by atoms with Crippen LogP contribution in [-0.2, 0) is 7.05 Å². The van der Waals surface area contributed by atoms with Crippen LogP contribution in [0, 0.1) is 6.92 Å². The maximum absolute atomic E-state index is 5.47. The van der Waals surface area contributed by atoms with Crippen LogP contribution in [0.15, 0.2) is 0 Å². The minimum atomic E-state index is 0.550. The predicted molar refractivity (Wildman–Crippen MR) is 63.9 cm³/mol. The zero-order valence-electron chi connectivity index (χ0n) is 10.6. The van der Waals surface area contributed by atoms with Crippen LogP contribution in [-0.4, -0.2) is 29.5 Å². The number of aromatic nitrogens is 2. The molecule has 0 saturated carbocycles. The van der Waals surface area contributed by atoms with E-state index in [0.717, 1.165) is 24.5 Å². The molecule has 0 spiro atoms. The third-order valence-electron chi connectivity index (χ3n) is 3.57. The Bertz CT molecular complexity index is 373. The van der Waals surface area contributed by atoms with E-state index < -0.39 is 0 Å². The molecule has 1 N–H and O–H groups in total. The van der Waals surface area contributed by atoms with Crippen molar-refractivity contribution in [1.29, 1.82) is 0 Å². The van der Waals surface area contributed by atoms with Gasteiger partial charge in [0, 0.05) is 24.6 Å². The van der Waals surface area contributed by atoms with Crippen molar-refractivity contribution in [3.8, 4) is 5.88 Å². The molecule has 0 amide bonds. The molecule has 16 heavy (non-hydrogen) atoms. The van der Waals surface area contributed by atoms with Gasteiger partial charge in [0.2, 0.25) is 5.88 Å². The number of nitrogens with one attached hydrogen (secondary N) is 1. The molecule has 0 bridgehead atoms. The van der Waals surface area contributed by atoms with Crippen molar-refractivity contribution in [2.24, 2.45) is 7.05 Å². The van der Waals surface area contributed by atoms with Gasteiger partial charge in [0.15, 0.2) is 0 Å². The van der Waals surface area contributed by atoms with E-state index in [1.54, 1.807) is 7.11 Å². The fraction of sp³-hybridized carbons (Fsp3) is 0.750. The predicted octanol–water partition coefficient (Wildman–Crippen LogP) is 1.59. The number of hydrogen-bond donors (Lipinski definition) is 1. The van der Waals surface area contributed by atoms with Crippen molar-refractivity contribution >= 4 is 0 Å². The first-order chi connectivity index (χ1) is 7.69. The Morgan fingerprint density at radius 1 is 1.56 bits per heavy atom. The van der Waals surface area contributed by atoms with Gasteiger partial charge < -0.3 is 10.1 Å². The van der Waals surface area contributed by atoms with E-state index in [2.05, 4.69) is 24.3 Å². The average molecular weight is 223 g/mol. The van der Waals surface area contributed by atoms with Crippen LogP contribution in [0.25, 0.3) is 0 Å². The molecular weight excluding hydrogens is 202 g/mol. The lowest BCUT2D eigenvalue weighted by molar-refractivity contribution is 0.363. The molecule has 1 fully saturated rings. The molecule has 0 radical (unpaired) electrons. The number of aryl methyl sites for hydroxylation is 2. The van der Waals surface area contributed by atoms with E-state index in [4.69, 9.17) is 4.74 Å². The summed E-state index contributed by atoms with van der Waals surface area (Å²) in [5.74, 6) is 1.47. The first-order valence-electron chi connectivity index (χ1n) is 5.99. The van der Waals surface area contributed by atoms with Gasteiger partial charge in [-0.05, 0) is 26.3 Å². The first-order valence-corrected chi connectivity index (χ1v) is 5.99. The third kappa shape index (κ3) is 1.71. The summed E-state index contributed by atoms with van der Waals surface area (Å²) in [7, 11) is 3.67. The number of hydrogen-bond acceptors (Lipinski definition) is 3. The molecule has 1 aliphatic heterocycles. The van der Waals surface area contributed by atoms with Crippen molar-refractivity contribution in [1.82, 2.24) is 15.1 Å². The Labute approximate surface area is 97.0 Å². The summed E-state index contributed by atoms with van der Waals surface area (Å²) in [6.45, 7) is 5.40. The molecule has 1 aromatic rings. The van der Waals surface area contributed by atoms with Gasteiger partial charge in [0.1, 0.15) is 0 Å². The molecule has 1 aromatic heterocycles. The normalized spacial score (nSPS) is 25.0. The largest absolute Gasteiger partial charge is 0.481 e. The molecule has 0 aliphatic carbocycles. The second kappa shape index (κ2) is 4.45. The molecule has 2 rings (SSSR count). The second-order valence-electron chi connectivity index (χ2n) is 4.50. The van der Waals surface area contributed by atoms with Crippen LogP contribution in [0.4, 0.5) is 0 Å². The van der Waals surface area contributed by atoms with Gasteiger partial charge in [0.25, 0.3) is 0 Å². The van der Waals surface area contributed by atoms with Crippen LogP contribution in [0.1, 0.15) is 36.9 Å². The Hall–Kier alpha value is -1.03. The molecule has 2 unspecified atom stereocenters. The Balaban J connectivity index is 2.38. The standard InChI is InChI=1S/C12H21N3O/c1-5-10-9(6-7-13-10)11-8(2)14-15(3)12(11)16-4/h9-10,13H,5-7H2,1-4H3. The first kappa shape index (κ1) is 11.5. The number of methoxy groups -OCH3 is 1. The SMILES string of the molecule is CCC1NCCC1c1c(C)nn(C)c1OC. The molecule has 2 heterocycles. The van der Waals surface area contributed by atoms with Gasteiger partial charge in [0.05, 0.1) is 12.8 Å². The highest BCUT2D eigenvalue weighted by atomic mass is 16.5. The fourth-order valence-electron chi connectivity index (χ4n) is 2.86. The van der Waals surface area contributed by atoms with E-state index in [0.29, 0.717) is 12.0 Å². The maximum Gasteiger partial charge on any atom is 0.215 e. The van der Waals surface area contributed by atoms with Gasteiger partial charge in [-0.2, -0.15) is 5.10 Å². The van der Waals surface area contributed by atoms with Crippen molar-refractivity contribution in [2.45, 2.75) is 38.6 Å². The third-order valence-corrected chi connectivity index (χ3v) is 3.57. The monoisotopic (exact) mass is 223 g/mol. The summed E-state index contributed by atoms with van der Waals surface area (Å²) in [5, 5.41) is 8.01. The smallest absolute Gasteiger partial charge is 0.215 e. The van der Waals surface area contributed by atoms with Crippen LogP contribution in [0.5, 0.6) is 5.88 Å². The van der Waals surface area contributed by atoms with Crippen molar-refractivity contribution in [3.05, 3.63) is 11.3 Å². The average Bonchev–Trinajstić information content (AvgIpc) is 2.81. The minimum absolute atomic E-state index is 0.550. The van der Waals surface area contributed by atoms with Gasteiger partial charge >= 0.3 is 0 Å². The molecule has 90 valence electrons. The summed E-state index contributed by atoms with van der Waals surface area (Å²) in [5.41, 5.74) is 2.40. The lowest BCUT2D eigenvalue weighted by Gasteiger charge is -2.18. The van der Waals surface area contributed by atoms with E-state index in [1.807, 2.05) is 11.7 Å². The van der Waals surface area contributed by atoms with Crippen molar-refractivity contribution in [3.63, 3.8) is 0 Å². The number of nitrogens with zero attached hydrogens (tertiary/aromatic N) is 2.